The highest BCUT2D eigenvalue weighted by atomic mass is 31.2. The molecule has 0 spiro atoms. The van der Waals surface area contributed by atoms with Crippen molar-refractivity contribution in [3.8, 4) is 0 Å². The van der Waals surface area contributed by atoms with Gasteiger partial charge in [-0.05, 0) is 13.8 Å². The molecule has 54 valence electrons. The van der Waals surface area contributed by atoms with Gasteiger partial charge in [-0.15, -0.1) is 0 Å². The summed E-state index contributed by atoms with van der Waals surface area (Å²) in [5, 5.41) is 0. The molecule has 1 aliphatic rings. The standard InChI is InChI=1S/C5H11O3P/c1-4-5(2)8-9(6-3)7-4/h4-5H,1-3H3/t4-,5-/m1/s1. The maximum Gasteiger partial charge on any atom is 0.333 e. The van der Waals surface area contributed by atoms with E-state index in [4.69, 9.17) is 13.6 Å². The third-order valence-electron chi connectivity index (χ3n) is 1.31. The predicted molar refractivity (Wildman–Crippen MR) is 35.0 cm³/mol. The second-order valence-corrected chi connectivity index (χ2v) is 3.26. The second kappa shape index (κ2) is 2.93. The van der Waals surface area contributed by atoms with Crippen molar-refractivity contribution < 1.29 is 13.6 Å². The molecular formula is C5H11O3P. The fourth-order valence-electron chi connectivity index (χ4n) is 0.554. The summed E-state index contributed by atoms with van der Waals surface area (Å²) in [6, 6.07) is 0. The molecule has 0 saturated carbocycles. The fraction of sp³-hybridized carbons (Fsp3) is 1.00. The largest absolute Gasteiger partial charge is 0.333 e. The van der Waals surface area contributed by atoms with Crippen molar-refractivity contribution in [2.24, 2.45) is 0 Å². The van der Waals surface area contributed by atoms with E-state index in [0.29, 0.717) is 0 Å². The van der Waals surface area contributed by atoms with E-state index in [9.17, 15) is 0 Å². The molecule has 0 N–H and O–H groups in total. The summed E-state index contributed by atoms with van der Waals surface area (Å²) in [5.41, 5.74) is 0. The molecule has 3 nitrogen and oxygen atoms in total. The van der Waals surface area contributed by atoms with Gasteiger partial charge in [0.2, 0.25) is 0 Å². The molecule has 0 aromatic heterocycles. The molecule has 1 aliphatic heterocycles. The van der Waals surface area contributed by atoms with Crippen molar-refractivity contribution in [3.05, 3.63) is 0 Å². The van der Waals surface area contributed by atoms with Crippen LogP contribution in [0.3, 0.4) is 0 Å². The van der Waals surface area contributed by atoms with Crippen LogP contribution in [0, 0.1) is 0 Å². The Bertz CT molecular complexity index is 88.2. The van der Waals surface area contributed by atoms with Gasteiger partial charge in [-0.3, -0.25) is 0 Å². The topological polar surface area (TPSA) is 27.7 Å². The molecule has 0 amide bonds. The van der Waals surface area contributed by atoms with Crippen LogP contribution in [-0.4, -0.2) is 19.3 Å². The summed E-state index contributed by atoms with van der Waals surface area (Å²) >= 11 is 0. The number of rotatable bonds is 1. The summed E-state index contributed by atoms with van der Waals surface area (Å²) in [6.07, 6.45) is 0.354. The molecule has 0 aromatic carbocycles. The van der Waals surface area contributed by atoms with Crippen molar-refractivity contribution in [1.29, 1.82) is 0 Å². The minimum atomic E-state index is -1.02. The van der Waals surface area contributed by atoms with Crippen LogP contribution < -0.4 is 0 Å². The van der Waals surface area contributed by atoms with Gasteiger partial charge < -0.3 is 13.6 Å². The number of hydrogen-bond donors (Lipinski definition) is 0. The zero-order valence-electron chi connectivity index (χ0n) is 5.83. The van der Waals surface area contributed by atoms with Crippen LogP contribution in [0.4, 0.5) is 0 Å². The van der Waals surface area contributed by atoms with E-state index in [-0.39, 0.29) is 12.2 Å². The first kappa shape index (κ1) is 7.42. The molecule has 0 unspecified atom stereocenters. The predicted octanol–water partition coefficient (Wildman–Crippen LogP) is 1.68. The van der Waals surface area contributed by atoms with Crippen LogP contribution in [0.1, 0.15) is 13.8 Å². The Labute approximate surface area is 56.3 Å². The van der Waals surface area contributed by atoms with Crippen molar-refractivity contribution in [1.82, 2.24) is 0 Å². The Morgan fingerprint density at radius 3 is 1.89 bits per heavy atom. The highest BCUT2D eigenvalue weighted by molar-refractivity contribution is 7.42. The smallest absolute Gasteiger partial charge is 0.316 e. The van der Waals surface area contributed by atoms with E-state index in [0.717, 1.165) is 0 Å². The van der Waals surface area contributed by atoms with E-state index in [1.807, 2.05) is 13.8 Å². The highest BCUT2D eigenvalue weighted by Gasteiger charge is 2.30. The Morgan fingerprint density at radius 2 is 1.67 bits per heavy atom. The fourth-order valence-corrected chi connectivity index (χ4v) is 1.66. The van der Waals surface area contributed by atoms with Crippen LogP contribution in [-0.2, 0) is 13.6 Å². The minimum absolute atomic E-state index is 0.177. The van der Waals surface area contributed by atoms with Crippen molar-refractivity contribution in [2.75, 3.05) is 7.11 Å². The second-order valence-electron chi connectivity index (χ2n) is 2.03. The molecule has 0 radical (unpaired) electrons. The lowest BCUT2D eigenvalue weighted by molar-refractivity contribution is 0.187. The Morgan fingerprint density at radius 1 is 1.22 bits per heavy atom. The van der Waals surface area contributed by atoms with Gasteiger partial charge in [0.25, 0.3) is 0 Å². The average Bonchev–Trinajstić information content (AvgIpc) is 2.13. The Hall–Kier alpha value is 0.310. The van der Waals surface area contributed by atoms with Crippen molar-refractivity contribution in [3.63, 3.8) is 0 Å². The summed E-state index contributed by atoms with van der Waals surface area (Å²) in [4.78, 5) is 0. The van der Waals surface area contributed by atoms with E-state index >= 15 is 0 Å². The van der Waals surface area contributed by atoms with Crippen LogP contribution >= 0.6 is 8.60 Å². The van der Waals surface area contributed by atoms with Gasteiger partial charge in [0.05, 0.1) is 12.2 Å². The number of hydrogen-bond acceptors (Lipinski definition) is 3. The normalized spacial score (nSPS) is 37.7. The van der Waals surface area contributed by atoms with Gasteiger partial charge in [0.15, 0.2) is 0 Å². The Balaban J connectivity index is 2.35. The molecule has 1 saturated heterocycles. The molecule has 0 aliphatic carbocycles. The van der Waals surface area contributed by atoms with Crippen molar-refractivity contribution >= 4 is 8.60 Å². The lowest BCUT2D eigenvalue weighted by Gasteiger charge is -2.01. The minimum Gasteiger partial charge on any atom is -0.316 e. The molecule has 1 heterocycles. The first-order valence-electron chi connectivity index (χ1n) is 2.92. The van der Waals surface area contributed by atoms with Gasteiger partial charge in [-0.2, -0.15) is 0 Å². The first-order chi connectivity index (χ1) is 4.24. The maximum absolute atomic E-state index is 5.24. The summed E-state index contributed by atoms with van der Waals surface area (Å²) in [7, 11) is 0.572. The zero-order chi connectivity index (χ0) is 6.85. The molecule has 9 heavy (non-hydrogen) atoms. The van der Waals surface area contributed by atoms with Crippen LogP contribution in [0.15, 0.2) is 0 Å². The molecule has 0 aromatic rings. The molecular weight excluding hydrogens is 139 g/mol. The van der Waals surface area contributed by atoms with Gasteiger partial charge in [0, 0.05) is 7.11 Å². The molecule has 1 fully saturated rings. The Kier molecular flexibility index (Phi) is 2.42. The first-order valence-corrected chi connectivity index (χ1v) is 4.01. The van der Waals surface area contributed by atoms with E-state index in [1.165, 1.54) is 0 Å². The van der Waals surface area contributed by atoms with Crippen molar-refractivity contribution in [2.45, 2.75) is 26.1 Å². The average molecular weight is 150 g/mol. The molecule has 4 heteroatoms. The van der Waals surface area contributed by atoms with Gasteiger partial charge in [0.1, 0.15) is 0 Å². The van der Waals surface area contributed by atoms with Gasteiger partial charge >= 0.3 is 8.60 Å². The monoisotopic (exact) mass is 150 g/mol. The van der Waals surface area contributed by atoms with Gasteiger partial charge in [-0.25, -0.2) is 0 Å². The molecule has 0 bridgehead atoms. The summed E-state index contributed by atoms with van der Waals surface area (Å²) in [6.45, 7) is 3.96. The van der Waals surface area contributed by atoms with Gasteiger partial charge in [-0.1, -0.05) is 0 Å². The quantitative estimate of drug-likeness (QED) is 0.532. The lowest BCUT2D eigenvalue weighted by Crippen LogP contribution is -2.13. The van der Waals surface area contributed by atoms with Crippen LogP contribution in [0.5, 0.6) is 0 Å². The SMILES string of the molecule is COP1O[C@H](C)[C@@H](C)O1. The molecule has 1 rings (SSSR count). The zero-order valence-corrected chi connectivity index (χ0v) is 6.72. The van der Waals surface area contributed by atoms with E-state index < -0.39 is 8.60 Å². The van der Waals surface area contributed by atoms with Crippen LogP contribution in [0.25, 0.3) is 0 Å². The third-order valence-corrected chi connectivity index (χ3v) is 2.62. The lowest BCUT2D eigenvalue weighted by atomic mass is 10.3. The third kappa shape index (κ3) is 1.62. The molecule has 2 atom stereocenters. The summed E-state index contributed by atoms with van der Waals surface area (Å²) in [5.74, 6) is 0. The summed E-state index contributed by atoms with van der Waals surface area (Å²) < 4.78 is 15.4. The van der Waals surface area contributed by atoms with E-state index in [2.05, 4.69) is 0 Å². The highest BCUT2D eigenvalue weighted by Crippen LogP contribution is 2.48. The maximum atomic E-state index is 5.24. The van der Waals surface area contributed by atoms with Crippen LogP contribution in [0.2, 0.25) is 0 Å². The van der Waals surface area contributed by atoms with E-state index in [1.54, 1.807) is 7.11 Å².